The van der Waals surface area contributed by atoms with Crippen LogP contribution in [0.3, 0.4) is 0 Å². The summed E-state index contributed by atoms with van der Waals surface area (Å²) in [5.74, 6) is -0.236. The summed E-state index contributed by atoms with van der Waals surface area (Å²) in [6, 6.07) is 3.77. The summed E-state index contributed by atoms with van der Waals surface area (Å²) in [5, 5.41) is 14.8. The molecule has 2 rings (SSSR count). The summed E-state index contributed by atoms with van der Waals surface area (Å²) in [6.45, 7) is 0. The average molecular weight is 271 g/mol. The average Bonchev–Trinajstić information content (AvgIpc) is 2.87. The fourth-order valence-electron chi connectivity index (χ4n) is 1.43. The lowest BCUT2D eigenvalue weighted by molar-refractivity contribution is -0.141. The molecular formula is C10H8F3N5O. The molecule has 0 saturated carbocycles. The number of rotatable bonds is 2. The Morgan fingerprint density at radius 3 is 2.68 bits per heavy atom. The van der Waals surface area contributed by atoms with E-state index in [0.717, 1.165) is 16.9 Å². The van der Waals surface area contributed by atoms with Gasteiger partial charge in [-0.05, 0) is 18.2 Å². The molecule has 0 fully saturated rings. The first-order chi connectivity index (χ1) is 8.93. The van der Waals surface area contributed by atoms with E-state index in [0.29, 0.717) is 0 Å². The predicted octanol–water partition coefficient (Wildman–Crippen LogP) is 1.38. The lowest BCUT2D eigenvalue weighted by atomic mass is 10.2. The van der Waals surface area contributed by atoms with Crippen molar-refractivity contribution in [3.8, 4) is 5.82 Å². The zero-order valence-corrected chi connectivity index (χ0v) is 9.33. The van der Waals surface area contributed by atoms with E-state index in [4.69, 9.17) is 10.9 Å². The van der Waals surface area contributed by atoms with Crippen molar-refractivity contribution in [3.05, 3.63) is 41.9 Å². The number of oxime groups is 1. The first kappa shape index (κ1) is 12.9. The highest BCUT2D eigenvalue weighted by Gasteiger charge is 2.33. The lowest BCUT2D eigenvalue weighted by Gasteiger charge is -2.06. The zero-order valence-electron chi connectivity index (χ0n) is 9.33. The lowest BCUT2D eigenvalue weighted by Crippen LogP contribution is -2.18. The molecule has 0 saturated heterocycles. The third-order valence-corrected chi connectivity index (χ3v) is 2.27. The smallest absolute Gasteiger partial charge is 0.409 e. The first-order valence-corrected chi connectivity index (χ1v) is 4.99. The van der Waals surface area contributed by atoms with Gasteiger partial charge in [-0.25, -0.2) is 9.67 Å². The second-order valence-electron chi connectivity index (χ2n) is 3.50. The van der Waals surface area contributed by atoms with Gasteiger partial charge in [0.15, 0.2) is 17.3 Å². The van der Waals surface area contributed by atoms with E-state index in [1.807, 2.05) is 0 Å². The summed E-state index contributed by atoms with van der Waals surface area (Å²) in [6.07, 6.45) is -2.09. The van der Waals surface area contributed by atoms with Crippen molar-refractivity contribution in [2.24, 2.45) is 10.9 Å². The van der Waals surface area contributed by atoms with Crippen molar-refractivity contribution in [1.29, 1.82) is 0 Å². The fraction of sp³-hybridized carbons (Fsp3) is 0.100. The van der Waals surface area contributed by atoms with Crippen LogP contribution in [0.2, 0.25) is 0 Å². The van der Waals surface area contributed by atoms with Crippen LogP contribution in [-0.4, -0.2) is 25.8 Å². The van der Waals surface area contributed by atoms with Crippen molar-refractivity contribution >= 4 is 5.84 Å². The molecule has 0 spiro atoms. The summed E-state index contributed by atoms with van der Waals surface area (Å²) >= 11 is 0. The number of aromatic nitrogens is 3. The van der Waals surface area contributed by atoms with Gasteiger partial charge in [-0.15, -0.1) is 0 Å². The molecule has 0 atom stereocenters. The van der Waals surface area contributed by atoms with Crippen LogP contribution in [-0.2, 0) is 6.18 Å². The number of halogens is 3. The first-order valence-electron chi connectivity index (χ1n) is 4.99. The Morgan fingerprint density at radius 1 is 1.37 bits per heavy atom. The van der Waals surface area contributed by atoms with Crippen LogP contribution in [0.5, 0.6) is 0 Å². The number of amidine groups is 1. The van der Waals surface area contributed by atoms with E-state index < -0.39 is 11.9 Å². The van der Waals surface area contributed by atoms with E-state index in [1.54, 1.807) is 0 Å². The summed E-state index contributed by atoms with van der Waals surface area (Å²) in [4.78, 5) is 3.87. The summed E-state index contributed by atoms with van der Waals surface area (Å²) < 4.78 is 38.3. The molecule has 2 aromatic rings. The van der Waals surface area contributed by atoms with Gasteiger partial charge in [0.25, 0.3) is 0 Å². The third-order valence-electron chi connectivity index (χ3n) is 2.27. The van der Waals surface area contributed by atoms with Crippen LogP contribution < -0.4 is 5.73 Å². The van der Waals surface area contributed by atoms with Crippen LogP contribution >= 0.6 is 0 Å². The second-order valence-corrected chi connectivity index (χ2v) is 3.50. The Hall–Kier alpha value is -2.58. The highest BCUT2D eigenvalue weighted by atomic mass is 19.4. The monoisotopic (exact) mass is 271 g/mol. The van der Waals surface area contributed by atoms with E-state index in [-0.39, 0.29) is 17.2 Å². The maximum atomic E-state index is 12.5. The number of pyridine rings is 1. The fourth-order valence-corrected chi connectivity index (χ4v) is 1.43. The molecule has 0 amide bonds. The van der Waals surface area contributed by atoms with Crippen molar-refractivity contribution in [3.63, 3.8) is 0 Å². The molecule has 19 heavy (non-hydrogen) atoms. The van der Waals surface area contributed by atoms with Gasteiger partial charge in [-0.3, -0.25) is 0 Å². The minimum atomic E-state index is -4.54. The molecule has 0 aliphatic carbocycles. The maximum absolute atomic E-state index is 12.5. The molecule has 100 valence electrons. The Balaban J connectivity index is 2.51. The molecule has 0 aliphatic rings. The van der Waals surface area contributed by atoms with Crippen LogP contribution in [0.15, 0.2) is 35.7 Å². The van der Waals surface area contributed by atoms with Gasteiger partial charge >= 0.3 is 6.18 Å². The van der Waals surface area contributed by atoms with E-state index in [2.05, 4.69) is 15.2 Å². The van der Waals surface area contributed by atoms with Crippen LogP contribution in [0, 0.1) is 0 Å². The van der Waals surface area contributed by atoms with Crippen molar-refractivity contribution in [2.45, 2.75) is 6.18 Å². The van der Waals surface area contributed by atoms with Crippen LogP contribution in [0.1, 0.15) is 11.3 Å². The van der Waals surface area contributed by atoms with Gasteiger partial charge < -0.3 is 10.9 Å². The summed E-state index contributed by atoms with van der Waals surface area (Å²) in [7, 11) is 0. The Bertz CT molecular complexity index is 620. The van der Waals surface area contributed by atoms with E-state index >= 15 is 0 Å². The van der Waals surface area contributed by atoms with Crippen molar-refractivity contribution in [1.82, 2.24) is 14.8 Å². The molecule has 2 heterocycles. The minimum Gasteiger partial charge on any atom is -0.409 e. The molecule has 9 heteroatoms. The molecule has 0 radical (unpaired) electrons. The molecule has 6 nitrogen and oxygen atoms in total. The number of hydrogen-bond acceptors (Lipinski definition) is 4. The molecule has 3 N–H and O–H groups in total. The van der Waals surface area contributed by atoms with Gasteiger partial charge in [-0.2, -0.15) is 18.3 Å². The summed E-state index contributed by atoms with van der Waals surface area (Å²) in [5.41, 5.74) is 4.54. The maximum Gasteiger partial charge on any atom is 0.435 e. The van der Waals surface area contributed by atoms with Crippen LogP contribution in [0.25, 0.3) is 5.82 Å². The SMILES string of the molecule is NC(=NO)c1cccnc1-n1ccc(C(F)(F)F)n1. The van der Waals surface area contributed by atoms with Gasteiger partial charge in [0.05, 0.1) is 5.56 Å². The molecule has 0 unspecified atom stereocenters. The van der Waals surface area contributed by atoms with E-state index in [9.17, 15) is 13.2 Å². The quantitative estimate of drug-likeness (QED) is 0.374. The van der Waals surface area contributed by atoms with Crippen molar-refractivity contribution in [2.75, 3.05) is 0 Å². The minimum absolute atomic E-state index is 0.0355. The highest BCUT2D eigenvalue weighted by Crippen LogP contribution is 2.27. The molecule has 0 aromatic carbocycles. The van der Waals surface area contributed by atoms with Gasteiger partial charge in [0, 0.05) is 12.4 Å². The number of nitrogens with zero attached hydrogens (tertiary/aromatic N) is 4. The Morgan fingerprint density at radius 2 is 2.11 bits per heavy atom. The second kappa shape index (κ2) is 4.59. The van der Waals surface area contributed by atoms with Gasteiger partial charge in [-0.1, -0.05) is 5.16 Å². The van der Waals surface area contributed by atoms with Gasteiger partial charge in [0.1, 0.15) is 0 Å². The van der Waals surface area contributed by atoms with Crippen LogP contribution in [0.4, 0.5) is 13.2 Å². The Kier molecular flexibility index (Phi) is 3.11. The van der Waals surface area contributed by atoms with Crippen molar-refractivity contribution < 1.29 is 18.4 Å². The molecule has 2 aromatic heterocycles. The zero-order chi connectivity index (χ0) is 14.0. The molecular weight excluding hydrogens is 263 g/mol. The topological polar surface area (TPSA) is 89.3 Å². The largest absolute Gasteiger partial charge is 0.435 e. The normalized spacial score (nSPS) is 12.7. The Labute approximate surface area is 105 Å². The number of hydrogen-bond donors (Lipinski definition) is 2. The third kappa shape index (κ3) is 2.49. The standard InChI is InChI=1S/C10H8F3N5O/c11-10(12,13)7-3-5-18(16-7)9-6(8(14)17-19)2-1-4-15-9/h1-5,19H,(H2,14,17). The number of alkyl halides is 3. The predicted molar refractivity (Wildman–Crippen MR) is 58.9 cm³/mol. The van der Waals surface area contributed by atoms with Gasteiger partial charge in [0.2, 0.25) is 0 Å². The highest BCUT2D eigenvalue weighted by molar-refractivity contribution is 5.99. The molecule has 0 bridgehead atoms. The molecule has 0 aliphatic heterocycles. The number of nitrogens with two attached hydrogens (primary N) is 1. The van der Waals surface area contributed by atoms with E-state index in [1.165, 1.54) is 18.3 Å².